The molecule has 1 atom stereocenters. The Morgan fingerprint density at radius 1 is 1.38 bits per heavy atom. The van der Waals surface area contributed by atoms with Crippen molar-refractivity contribution in [2.75, 3.05) is 7.11 Å². The first-order valence-electron chi connectivity index (χ1n) is 2.84. The third kappa shape index (κ3) is 2.48. The molecule has 49 valence electrons. The van der Waals surface area contributed by atoms with Crippen molar-refractivity contribution < 1.29 is 4.74 Å². The van der Waals surface area contributed by atoms with Gasteiger partial charge in [-0.05, 0) is 6.92 Å². The van der Waals surface area contributed by atoms with Gasteiger partial charge in [-0.25, -0.2) is 0 Å². The van der Waals surface area contributed by atoms with Gasteiger partial charge in [-0.15, -0.1) is 0 Å². The van der Waals surface area contributed by atoms with Crippen LogP contribution in [0, 0.1) is 6.92 Å². The molecule has 2 heteroatoms. The summed E-state index contributed by atoms with van der Waals surface area (Å²) in [6.07, 6.45) is 0. The molecule has 1 unspecified atom stereocenters. The monoisotopic (exact) mass is 131 g/mol. The Kier molecular flexibility index (Phi) is 2.70. The lowest BCUT2D eigenvalue weighted by Crippen LogP contribution is -2.37. The average molecular weight is 131 g/mol. The third-order valence-corrected chi connectivity index (χ3v) is 3.42. The standard InChI is InChI=1S/C6H15OSi/c1-6(7-2)8(3,4)5/h6H,1H2,2-5H3. The van der Waals surface area contributed by atoms with Crippen LogP contribution in [0.15, 0.2) is 0 Å². The summed E-state index contributed by atoms with van der Waals surface area (Å²) >= 11 is 0. The highest BCUT2D eigenvalue weighted by molar-refractivity contribution is 6.77. The van der Waals surface area contributed by atoms with Crippen LogP contribution in [0.1, 0.15) is 0 Å². The van der Waals surface area contributed by atoms with Crippen molar-refractivity contribution in [1.29, 1.82) is 0 Å². The van der Waals surface area contributed by atoms with Gasteiger partial charge >= 0.3 is 0 Å². The summed E-state index contributed by atoms with van der Waals surface area (Å²) < 4.78 is 5.07. The zero-order valence-electron chi connectivity index (χ0n) is 6.19. The number of rotatable bonds is 2. The maximum atomic E-state index is 5.07. The fourth-order valence-electron chi connectivity index (χ4n) is 0.354. The lowest BCUT2D eigenvalue weighted by molar-refractivity contribution is 0.191. The quantitative estimate of drug-likeness (QED) is 0.518. The van der Waals surface area contributed by atoms with Crippen LogP contribution in [0.25, 0.3) is 0 Å². The highest BCUT2D eigenvalue weighted by atomic mass is 28.3. The fraction of sp³-hybridized carbons (Fsp3) is 0.833. The number of ether oxygens (including phenoxy) is 1. The molecule has 0 rings (SSSR count). The molecule has 1 nitrogen and oxygen atoms in total. The van der Waals surface area contributed by atoms with E-state index >= 15 is 0 Å². The molecule has 0 aromatic heterocycles. The second-order valence-corrected chi connectivity index (χ2v) is 8.47. The lowest BCUT2D eigenvalue weighted by Gasteiger charge is -2.22. The first-order valence-corrected chi connectivity index (χ1v) is 6.42. The summed E-state index contributed by atoms with van der Waals surface area (Å²) in [4.78, 5) is 0. The van der Waals surface area contributed by atoms with Crippen molar-refractivity contribution in [2.24, 2.45) is 0 Å². The zero-order chi connectivity index (χ0) is 6.78. The molecule has 0 heterocycles. The predicted octanol–water partition coefficient (Wildman–Crippen LogP) is 1.71. The van der Waals surface area contributed by atoms with E-state index in [0.29, 0.717) is 0 Å². The van der Waals surface area contributed by atoms with Crippen LogP contribution >= 0.6 is 0 Å². The summed E-state index contributed by atoms with van der Waals surface area (Å²) in [7, 11) is 0.624. The molecular weight excluding hydrogens is 116 g/mol. The molecule has 0 N–H and O–H groups in total. The molecule has 0 fully saturated rings. The minimum Gasteiger partial charge on any atom is -0.385 e. The van der Waals surface area contributed by atoms with E-state index in [4.69, 9.17) is 4.74 Å². The van der Waals surface area contributed by atoms with E-state index in [9.17, 15) is 0 Å². The van der Waals surface area contributed by atoms with Gasteiger partial charge in [0.05, 0.1) is 8.07 Å². The summed E-state index contributed by atoms with van der Waals surface area (Å²) in [6.45, 7) is 10.6. The van der Waals surface area contributed by atoms with Gasteiger partial charge in [0.15, 0.2) is 0 Å². The Morgan fingerprint density at radius 3 is 1.75 bits per heavy atom. The van der Waals surface area contributed by atoms with Gasteiger partial charge in [0.1, 0.15) is 0 Å². The Labute approximate surface area is 53.1 Å². The van der Waals surface area contributed by atoms with Crippen molar-refractivity contribution in [1.82, 2.24) is 0 Å². The first-order chi connectivity index (χ1) is 3.48. The molecule has 1 radical (unpaired) electrons. The maximum Gasteiger partial charge on any atom is 0.0785 e. The van der Waals surface area contributed by atoms with Crippen LogP contribution < -0.4 is 0 Å². The van der Waals surface area contributed by atoms with Crippen molar-refractivity contribution in [3.63, 3.8) is 0 Å². The first kappa shape index (κ1) is 8.18. The zero-order valence-corrected chi connectivity index (χ0v) is 7.19. The third-order valence-electron chi connectivity index (χ3n) is 1.25. The van der Waals surface area contributed by atoms with E-state index in [1.54, 1.807) is 7.11 Å². The molecule has 0 saturated carbocycles. The van der Waals surface area contributed by atoms with Gasteiger partial charge in [0, 0.05) is 12.8 Å². The summed E-state index contributed by atoms with van der Waals surface area (Å²) in [5, 5.41) is 0. The number of hydrogen-bond acceptors (Lipinski definition) is 1. The summed E-state index contributed by atoms with van der Waals surface area (Å²) in [5.41, 5.74) is 0.238. The molecule has 0 bridgehead atoms. The van der Waals surface area contributed by atoms with Gasteiger partial charge in [0.2, 0.25) is 0 Å². The largest absolute Gasteiger partial charge is 0.385 e. The summed E-state index contributed by atoms with van der Waals surface area (Å²) in [6, 6.07) is 0. The smallest absolute Gasteiger partial charge is 0.0785 e. The molecule has 0 aliphatic carbocycles. The molecule has 0 aromatic rings. The molecule has 0 saturated heterocycles. The van der Waals surface area contributed by atoms with E-state index in [1.165, 1.54) is 0 Å². The van der Waals surface area contributed by atoms with Gasteiger partial charge in [0.25, 0.3) is 0 Å². The van der Waals surface area contributed by atoms with E-state index in [0.717, 1.165) is 0 Å². The van der Waals surface area contributed by atoms with Crippen LogP contribution in [0.4, 0.5) is 0 Å². The second-order valence-electron chi connectivity index (χ2n) is 3.09. The van der Waals surface area contributed by atoms with Gasteiger partial charge in [-0.2, -0.15) is 0 Å². The van der Waals surface area contributed by atoms with Crippen molar-refractivity contribution in [3.8, 4) is 0 Å². The molecule has 0 spiro atoms. The molecule has 0 amide bonds. The average Bonchev–Trinajstić information content (AvgIpc) is 1.62. The van der Waals surface area contributed by atoms with Crippen LogP contribution in [-0.2, 0) is 4.74 Å². The van der Waals surface area contributed by atoms with E-state index < -0.39 is 8.07 Å². The summed E-state index contributed by atoms with van der Waals surface area (Å²) in [5.74, 6) is 0. The SMILES string of the molecule is [CH2]C(OC)[Si](C)(C)C. The van der Waals surface area contributed by atoms with E-state index in [2.05, 4.69) is 26.6 Å². The van der Waals surface area contributed by atoms with Crippen molar-refractivity contribution >= 4 is 8.07 Å². The van der Waals surface area contributed by atoms with Crippen molar-refractivity contribution in [2.45, 2.75) is 25.4 Å². The molecule has 0 aliphatic heterocycles. The number of hydrogen-bond donors (Lipinski definition) is 0. The topological polar surface area (TPSA) is 9.23 Å². The maximum absolute atomic E-state index is 5.07. The highest BCUT2D eigenvalue weighted by Crippen LogP contribution is 2.08. The number of methoxy groups -OCH3 is 1. The fourth-order valence-corrected chi connectivity index (χ4v) is 1.06. The van der Waals surface area contributed by atoms with Crippen LogP contribution in [0.2, 0.25) is 19.6 Å². The van der Waals surface area contributed by atoms with Gasteiger partial charge < -0.3 is 4.74 Å². The normalized spacial score (nSPS) is 16.1. The van der Waals surface area contributed by atoms with E-state index in [-0.39, 0.29) is 5.73 Å². The Bertz CT molecular complexity index is 65.4. The minimum absolute atomic E-state index is 0.238. The van der Waals surface area contributed by atoms with Crippen molar-refractivity contribution in [3.05, 3.63) is 6.92 Å². The lowest BCUT2D eigenvalue weighted by atomic mass is 10.8. The predicted molar refractivity (Wildman–Crippen MR) is 39.5 cm³/mol. The highest BCUT2D eigenvalue weighted by Gasteiger charge is 2.21. The van der Waals surface area contributed by atoms with E-state index in [1.807, 2.05) is 0 Å². The Hall–Kier alpha value is 0.177. The molecule has 0 aromatic carbocycles. The van der Waals surface area contributed by atoms with Gasteiger partial charge in [-0.1, -0.05) is 19.6 Å². The molecular formula is C6H15OSi. The van der Waals surface area contributed by atoms with Crippen LogP contribution in [-0.4, -0.2) is 20.9 Å². The molecule has 8 heavy (non-hydrogen) atoms. The Balaban J connectivity index is 3.62. The van der Waals surface area contributed by atoms with Crippen LogP contribution in [0.3, 0.4) is 0 Å². The Morgan fingerprint density at radius 2 is 1.75 bits per heavy atom. The van der Waals surface area contributed by atoms with Gasteiger partial charge in [-0.3, -0.25) is 0 Å². The second kappa shape index (κ2) is 2.64. The van der Waals surface area contributed by atoms with Crippen LogP contribution in [0.5, 0.6) is 0 Å². The minimum atomic E-state index is -1.09. The molecule has 0 aliphatic rings.